The molecule has 5 heteroatoms. The second kappa shape index (κ2) is 9.82. The van der Waals surface area contributed by atoms with Crippen LogP contribution in [-0.4, -0.2) is 12.3 Å². The van der Waals surface area contributed by atoms with E-state index < -0.39 is 0 Å². The predicted molar refractivity (Wildman–Crippen MR) is 122 cm³/mol. The van der Waals surface area contributed by atoms with Crippen molar-refractivity contribution in [2.75, 3.05) is 7.11 Å². The zero-order chi connectivity index (χ0) is 21.6. The molecule has 3 aromatic carbocycles. The molecule has 0 amide bonds. The summed E-state index contributed by atoms with van der Waals surface area (Å²) in [5.74, 6) is 1.61. The summed E-state index contributed by atoms with van der Waals surface area (Å²) in [5.41, 5.74) is 6.38. The minimum Gasteiger partial charge on any atom is -0.497 e. The Morgan fingerprint density at radius 3 is 2.32 bits per heavy atom. The van der Waals surface area contributed by atoms with Gasteiger partial charge in [0.25, 0.3) is 0 Å². The molecular weight excluding hydrogens is 410 g/mol. The third-order valence-electron chi connectivity index (χ3n) is 5.19. The summed E-state index contributed by atoms with van der Waals surface area (Å²) < 4.78 is 16.7. The first-order valence-corrected chi connectivity index (χ1v) is 10.5. The molecule has 0 radical (unpaired) electrons. The van der Waals surface area contributed by atoms with Crippen LogP contribution >= 0.6 is 11.6 Å². The molecule has 0 N–H and O–H groups in total. The van der Waals surface area contributed by atoms with Gasteiger partial charge in [-0.1, -0.05) is 65.3 Å². The van der Waals surface area contributed by atoms with Crippen molar-refractivity contribution in [2.24, 2.45) is 0 Å². The molecule has 158 valence electrons. The van der Waals surface area contributed by atoms with Gasteiger partial charge in [0.15, 0.2) is 0 Å². The largest absolute Gasteiger partial charge is 0.497 e. The molecule has 4 nitrogen and oxygen atoms in total. The van der Waals surface area contributed by atoms with Crippen molar-refractivity contribution in [3.05, 3.63) is 106 Å². The fourth-order valence-electron chi connectivity index (χ4n) is 3.59. The molecule has 4 rings (SSSR count). The molecule has 1 aromatic heterocycles. The Balaban J connectivity index is 1.52. The Bertz CT molecular complexity index is 1130. The van der Waals surface area contributed by atoms with Gasteiger partial charge in [0.1, 0.15) is 17.2 Å². The zero-order valence-electron chi connectivity index (χ0n) is 17.6. The van der Waals surface area contributed by atoms with Gasteiger partial charge in [-0.2, -0.15) is 0 Å². The molecule has 0 atom stereocenters. The van der Waals surface area contributed by atoms with Gasteiger partial charge in [-0.05, 0) is 59.9 Å². The highest BCUT2D eigenvalue weighted by atomic mass is 35.5. The maximum absolute atomic E-state index is 6.04. The maximum atomic E-state index is 6.04. The van der Waals surface area contributed by atoms with Crippen molar-refractivity contribution in [3.63, 3.8) is 0 Å². The lowest BCUT2D eigenvalue weighted by Crippen LogP contribution is -1.99. The van der Waals surface area contributed by atoms with Crippen LogP contribution < -0.4 is 4.74 Å². The number of hydrogen-bond donors (Lipinski definition) is 0. The highest BCUT2D eigenvalue weighted by Gasteiger charge is 2.18. The van der Waals surface area contributed by atoms with Gasteiger partial charge in [0.05, 0.1) is 25.9 Å². The number of aromatic nitrogens is 1. The Kier molecular flexibility index (Phi) is 6.70. The lowest BCUT2D eigenvalue weighted by Gasteiger charge is -2.11. The summed E-state index contributed by atoms with van der Waals surface area (Å²) in [6.45, 7) is 2.80. The molecule has 0 fully saturated rings. The van der Waals surface area contributed by atoms with Gasteiger partial charge in [0.2, 0.25) is 0 Å². The van der Waals surface area contributed by atoms with E-state index in [4.69, 9.17) is 25.6 Å². The van der Waals surface area contributed by atoms with Crippen LogP contribution in [0.2, 0.25) is 5.02 Å². The second-order valence-electron chi connectivity index (χ2n) is 7.36. The lowest BCUT2D eigenvalue weighted by molar-refractivity contribution is 0.102. The van der Waals surface area contributed by atoms with Crippen LogP contribution in [0.15, 0.2) is 77.3 Å². The number of hydrogen-bond acceptors (Lipinski definition) is 4. The van der Waals surface area contributed by atoms with Crippen LogP contribution in [-0.2, 0) is 24.4 Å². The number of ether oxygens (including phenoxy) is 2. The maximum Gasteiger partial charge on any atom is 0.141 e. The highest BCUT2D eigenvalue weighted by Crippen LogP contribution is 2.32. The Labute approximate surface area is 187 Å². The van der Waals surface area contributed by atoms with E-state index in [0.717, 1.165) is 45.3 Å². The predicted octanol–water partition coefficient (Wildman–Crippen LogP) is 6.62. The van der Waals surface area contributed by atoms with E-state index in [0.29, 0.717) is 13.2 Å². The molecule has 0 aliphatic rings. The molecule has 0 saturated carbocycles. The smallest absolute Gasteiger partial charge is 0.141 e. The van der Waals surface area contributed by atoms with Crippen LogP contribution in [0.1, 0.15) is 28.1 Å². The third kappa shape index (κ3) is 5.16. The average molecular weight is 434 g/mol. The first kappa shape index (κ1) is 21.2. The van der Waals surface area contributed by atoms with Crippen molar-refractivity contribution in [1.82, 2.24) is 5.16 Å². The van der Waals surface area contributed by atoms with Crippen LogP contribution in [0.4, 0.5) is 0 Å². The number of methoxy groups -OCH3 is 1. The van der Waals surface area contributed by atoms with Gasteiger partial charge in [0, 0.05) is 5.02 Å². The fourth-order valence-corrected chi connectivity index (χ4v) is 3.72. The molecule has 31 heavy (non-hydrogen) atoms. The number of aryl methyl sites for hydroxylation is 1. The molecule has 0 aliphatic heterocycles. The van der Waals surface area contributed by atoms with Crippen LogP contribution in [0, 0.1) is 6.92 Å². The minimum absolute atomic E-state index is 0.369. The van der Waals surface area contributed by atoms with Gasteiger partial charge in [-0.15, -0.1) is 0 Å². The van der Waals surface area contributed by atoms with E-state index in [9.17, 15) is 0 Å². The number of halogens is 1. The van der Waals surface area contributed by atoms with E-state index in [2.05, 4.69) is 35.5 Å². The van der Waals surface area contributed by atoms with Gasteiger partial charge < -0.3 is 14.0 Å². The Morgan fingerprint density at radius 1 is 0.871 bits per heavy atom. The second-order valence-corrected chi connectivity index (χ2v) is 7.80. The molecule has 1 heterocycles. The molecular formula is C26H24ClNO3. The van der Waals surface area contributed by atoms with E-state index in [1.807, 2.05) is 49.4 Å². The summed E-state index contributed by atoms with van der Waals surface area (Å²) >= 11 is 6.04. The van der Waals surface area contributed by atoms with E-state index >= 15 is 0 Å². The van der Waals surface area contributed by atoms with E-state index in [-0.39, 0.29) is 0 Å². The Morgan fingerprint density at radius 2 is 1.58 bits per heavy atom. The quantitative estimate of drug-likeness (QED) is 0.313. The number of benzene rings is 3. The molecule has 0 saturated heterocycles. The average Bonchev–Trinajstić information content (AvgIpc) is 3.16. The number of nitrogens with zero attached hydrogens (tertiary/aromatic N) is 1. The monoisotopic (exact) mass is 433 g/mol. The molecule has 0 aliphatic carbocycles. The van der Waals surface area contributed by atoms with Gasteiger partial charge >= 0.3 is 0 Å². The van der Waals surface area contributed by atoms with Crippen molar-refractivity contribution >= 4 is 11.6 Å². The van der Waals surface area contributed by atoms with Gasteiger partial charge in [-0.25, -0.2) is 0 Å². The zero-order valence-corrected chi connectivity index (χ0v) is 18.4. The van der Waals surface area contributed by atoms with E-state index in [1.165, 1.54) is 11.1 Å². The fraction of sp³-hybridized carbons (Fsp3) is 0.192. The lowest BCUT2D eigenvalue weighted by atomic mass is 9.94. The first-order chi connectivity index (χ1) is 15.1. The molecule has 0 bridgehead atoms. The normalized spacial score (nSPS) is 10.9. The van der Waals surface area contributed by atoms with Crippen molar-refractivity contribution in [1.29, 1.82) is 0 Å². The van der Waals surface area contributed by atoms with Crippen molar-refractivity contribution in [3.8, 4) is 16.9 Å². The SMILES string of the molecule is COc1ccc(COCc2noc(C)c2-c2ccccc2Cc2ccc(Cl)cc2)cc1. The van der Waals surface area contributed by atoms with Crippen LogP contribution in [0.25, 0.3) is 11.1 Å². The standard InChI is InChI=1S/C26H24ClNO3/c1-18-26(24-6-4-3-5-21(24)15-19-7-11-22(27)12-8-19)25(28-31-18)17-30-16-20-9-13-23(29-2)14-10-20/h3-14H,15-17H2,1-2H3. The van der Waals surface area contributed by atoms with Crippen LogP contribution in [0.3, 0.4) is 0 Å². The molecule has 0 unspecified atom stereocenters. The topological polar surface area (TPSA) is 44.5 Å². The summed E-state index contributed by atoms with van der Waals surface area (Å²) in [5, 5.41) is 5.01. The van der Waals surface area contributed by atoms with Crippen molar-refractivity contribution < 1.29 is 14.0 Å². The van der Waals surface area contributed by atoms with E-state index in [1.54, 1.807) is 7.11 Å². The number of rotatable bonds is 8. The summed E-state index contributed by atoms with van der Waals surface area (Å²) in [7, 11) is 1.66. The third-order valence-corrected chi connectivity index (χ3v) is 5.45. The summed E-state index contributed by atoms with van der Waals surface area (Å²) in [4.78, 5) is 0. The van der Waals surface area contributed by atoms with Crippen LogP contribution in [0.5, 0.6) is 5.75 Å². The van der Waals surface area contributed by atoms with Gasteiger partial charge in [-0.3, -0.25) is 0 Å². The molecule has 0 spiro atoms. The summed E-state index contributed by atoms with van der Waals surface area (Å²) in [6.07, 6.45) is 0.796. The Hall–Kier alpha value is -3.08. The molecule has 4 aromatic rings. The first-order valence-electron chi connectivity index (χ1n) is 10.1. The van der Waals surface area contributed by atoms with Crippen molar-refractivity contribution in [2.45, 2.75) is 26.6 Å². The highest BCUT2D eigenvalue weighted by molar-refractivity contribution is 6.30. The minimum atomic E-state index is 0.369. The summed E-state index contributed by atoms with van der Waals surface area (Å²) in [6, 6.07) is 24.1.